The Labute approximate surface area is 390 Å². The summed E-state index contributed by atoms with van der Waals surface area (Å²) in [4.78, 5) is 30.4. The summed E-state index contributed by atoms with van der Waals surface area (Å²) in [6.07, 6.45) is 3.25. The molecule has 0 fully saturated rings. The highest BCUT2D eigenvalue weighted by Crippen LogP contribution is 2.48. The van der Waals surface area contributed by atoms with E-state index in [1.807, 2.05) is 121 Å². The summed E-state index contributed by atoms with van der Waals surface area (Å²) in [5.74, 6) is 1.56. The molecule has 6 aromatic carbocycles. The molecule has 2 aliphatic heterocycles. The second-order valence-corrected chi connectivity index (χ2v) is 16.3. The van der Waals surface area contributed by atoms with Gasteiger partial charge in [-0.3, -0.25) is 9.59 Å². The van der Waals surface area contributed by atoms with Gasteiger partial charge in [0.15, 0.2) is 34.4 Å². The van der Waals surface area contributed by atoms with Gasteiger partial charge in [0.25, 0.3) is 11.8 Å². The monoisotopic (exact) mass is 914 g/mol. The molecule has 2 heterocycles. The summed E-state index contributed by atoms with van der Waals surface area (Å²) < 4.78 is 29.7. The summed E-state index contributed by atoms with van der Waals surface area (Å²) in [5, 5.41) is 11.4. The molecule has 2 aliphatic rings. The minimum Gasteiger partial charge on any atom is -0.504 e. The molecule has 0 spiro atoms. The lowest BCUT2D eigenvalue weighted by Gasteiger charge is -2.39. The Kier molecular flexibility index (Phi) is 14.9. The van der Waals surface area contributed by atoms with Crippen molar-refractivity contribution in [2.24, 2.45) is 0 Å². The van der Waals surface area contributed by atoms with E-state index in [0.717, 1.165) is 46.2 Å². The lowest BCUT2D eigenvalue weighted by molar-refractivity contribution is -0.117. The van der Waals surface area contributed by atoms with Crippen LogP contribution < -0.4 is 14.2 Å². The van der Waals surface area contributed by atoms with Gasteiger partial charge in [0.1, 0.15) is 6.61 Å². The smallest absolute Gasteiger partial charge is 0.257 e. The van der Waals surface area contributed by atoms with E-state index in [-0.39, 0.29) is 30.8 Å². The SMILES string of the molecule is C=CCOc1cc(COC2(c3ccc(Cl)cc3)c3ccccc3C(=O)N2CCC)ccc1OC.CCCN1C(=O)c2ccccc2C1(OCc1ccc(OC)c(O)c1)c1ccc(Cl)cc1. The van der Waals surface area contributed by atoms with E-state index in [1.165, 1.54) is 7.11 Å². The van der Waals surface area contributed by atoms with Crippen molar-refractivity contribution in [2.75, 3.05) is 33.9 Å². The first-order valence-corrected chi connectivity index (χ1v) is 22.2. The van der Waals surface area contributed by atoms with Crippen LogP contribution in [0.5, 0.6) is 23.0 Å². The zero-order valence-electron chi connectivity index (χ0n) is 36.9. The number of fused-ring (bicyclic) bond motifs is 2. The van der Waals surface area contributed by atoms with Crippen molar-refractivity contribution in [3.05, 3.63) is 201 Å². The molecule has 0 bridgehead atoms. The third-order valence-corrected chi connectivity index (χ3v) is 11.9. The Morgan fingerprint density at radius 3 is 1.48 bits per heavy atom. The minimum atomic E-state index is -1.09. The van der Waals surface area contributed by atoms with E-state index in [9.17, 15) is 14.7 Å². The topological polar surface area (TPSA) is 107 Å². The number of aromatic hydroxyl groups is 1. The number of benzene rings is 6. The number of carbonyl (C=O) groups is 2. The van der Waals surface area contributed by atoms with Gasteiger partial charge in [0.2, 0.25) is 0 Å². The van der Waals surface area contributed by atoms with Gasteiger partial charge in [-0.05, 0) is 84.6 Å². The predicted octanol–water partition coefficient (Wildman–Crippen LogP) is 11.5. The largest absolute Gasteiger partial charge is 0.504 e. The van der Waals surface area contributed by atoms with Crippen LogP contribution in [-0.2, 0) is 34.1 Å². The summed E-state index contributed by atoms with van der Waals surface area (Å²) in [7, 11) is 3.11. The van der Waals surface area contributed by atoms with Crippen molar-refractivity contribution in [3.8, 4) is 23.0 Å². The third-order valence-electron chi connectivity index (χ3n) is 11.4. The quantitative estimate of drug-likeness (QED) is 0.0902. The summed E-state index contributed by atoms with van der Waals surface area (Å²) in [6, 6.07) is 40.9. The number of amides is 2. The summed E-state index contributed by atoms with van der Waals surface area (Å²) >= 11 is 12.3. The van der Waals surface area contributed by atoms with Crippen LogP contribution in [0.1, 0.15) is 80.8 Å². The third kappa shape index (κ3) is 9.17. The number of phenols is 1. The number of halogens is 2. The number of methoxy groups -OCH3 is 2. The second kappa shape index (κ2) is 20.7. The van der Waals surface area contributed by atoms with Crippen LogP contribution >= 0.6 is 23.2 Å². The number of rotatable bonds is 17. The molecular weight excluding hydrogens is 863 g/mol. The molecule has 0 saturated carbocycles. The average molecular weight is 916 g/mol. The van der Waals surface area contributed by atoms with Gasteiger partial charge in [-0.25, -0.2) is 0 Å². The molecule has 12 heteroatoms. The number of carbonyl (C=O) groups excluding carboxylic acids is 2. The lowest BCUT2D eigenvalue weighted by atomic mass is 9.93. The van der Waals surface area contributed by atoms with Crippen LogP contribution in [-0.4, -0.2) is 60.6 Å². The van der Waals surface area contributed by atoms with Crippen molar-refractivity contribution in [1.82, 2.24) is 9.80 Å². The van der Waals surface area contributed by atoms with Crippen molar-refractivity contribution in [2.45, 2.75) is 51.4 Å². The Morgan fingerprint density at radius 1 is 0.600 bits per heavy atom. The maximum atomic E-state index is 13.5. The fourth-order valence-corrected chi connectivity index (χ4v) is 8.74. The number of nitrogens with zero attached hydrogens (tertiary/aromatic N) is 2. The van der Waals surface area contributed by atoms with E-state index >= 15 is 0 Å². The van der Waals surface area contributed by atoms with Gasteiger partial charge in [-0.15, -0.1) is 0 Å². The van der Waals surface area contributed by atoms with Crippen LogP contribution in [0.15, 0.2) is 146 Å². The molecule has 2 atom stereocenters. The van der Waals surface area contributed by atoms with E-state index in [2.05, 4.69) is 13.5 Å². The Balaban J connectivity index is 0.000000195. The van der Waals surface area contributed by atoms with Crippen LogP contribution in [0.2, 0.25) is 10.0 Å². The van der Waals surface area contributed by atoms with E-state index in [4.69, 9.17) is 46.9 Å². The average Bonchev–Trinajstić information content (AvgIpc) is 3.71. The maximum absolute atomic E-state index is 13.5. The van der Waals surface area contributed by atoms with Crippen LogP contribution in [0.3, 0.4) is 0 Å². The standard InChI is InChI=1S/C28H28ClNO4.C25H24ClNO4/c1-4-16-30-27(31)23-8-6-7-9-24(23)28(30,21-11-13-22(29)14-12-21)34-19-20-10-15-25(32-3)26(18-20)33-17-5-2;1-3-14-27-24(29)20-6-4-5-7-21(20)25(27,18-9-11-19(26)12-10-18)31-16-17-8-13-23(30-2)22(28)15-17/h5-15,18H,2,4,16-17,19H2,1,3H3;4-13,15,28H,3,14,16H2,1-2H3. The van der Waals surface area contributed by atoms with Crippen molar-refractivity contribution < 1.29 is 38.4 Å². The summed E-state index contributed by atoms with van der Waals surface area (Å²) in [6.45, 7) is 9.67. The highest BCUT2D eigenvalue weighted by Gasteiger charge is 2.53. The molecule has 1 N–H and O–H groups in total. The van der Waals surface area contributed by atoms with Crippen molar-refractivity contribution in [1.29, 1.82) is 0 Å². The highest BCUT2D eigenvalue weighted by atomic mass is 35.5. The van der Waals surface area contributed by atoms with Crippen LogP contribution in [0.4, 0.5) is 0 Å². The molecule has 0 saturated heterocycles. The fraction of sp³-hybridized carbons (Fsp3) is 0.245. The van der Waals surface area contributed by atoms with Gasteiger partial charge >= 0.3 is 0 Å². The number of hydrogen-bond donors (Lipinski definition) is 1. The first-order valence-electron chi connectivity index (χ1n) is 21.5. The molecule has 8 rings (SSSR count). The minimum absolute atomic E-state index is 0.0393. The zero-order chi connectivity index (χ0) is 46.1. The van der Waals surface area contributed by atoms with Gasteiger partial charge in [-0.1, -0.05) is 123 Å². The van der Waals surface area contributed by atoms with Crippen molar-refractivity contribution in [3.63, 3.8) is 0 Å². The molecule has 65 heavy (non-hydrogen) atoms. The summed E-state index contributed by atoms with van der Waals surface area (Å²) in [5.41, 5.74) is 4.06. The molecule has 336 valence electrons. The molecule has 0 aromatic heterocycles. The first kappa shape index (κ1) is 46.7. The number of ether oxygens (including phenoxy) is 5. The van der Waals surface area contributed by atoms with Crippen molar-refractivity contribution >= 4 is 35.0 Å². The van der Waals surface area contributed by atoms with Gasteiger partial charge in [0.05, 0.1) is 27.4 Å². The predicted molar refractivity (Wildman–Crippen MR) is 253 cm³/mol. The molecule has 0 radical (unpaired) electrons. The Bertz CT molecular complexity index is 2640. The van der Waals surface area contributed by atoms with E-state index in [1.54, 1.807) is 42.4 Å². The van der Waals surface area contributed by atoms with Crippen LogP contribution in [0, 0.1) is 0 Å². The maximum Gasteiger partial charge on any atom is 0.257 e. The zero-order valence-corrected chi connectivity index (χ0v) is 38.4. The normalized spacial score (nSPS) is 17.3. The Morgan fingerprint density at radius 2 is 1.05 bits per heavy atom. The van der Waals surface area contributed by atoms with E-state index in [0.29, 0.717) is 58.1 Å². The Hall–Kier alpha value is -6.30. The highest BCUT2D eigenvalue weighted by molar-refractivity contribution is 6.30. The fourth-order valence-electron chi connectivity index (χ4n) is 8.49. The number of hydrogen-bond acceptors (Lipinski definition) is 8. The molecular formula is C53H52Cl2N2O8. The molecule has 6 aromatic rings. The van der Waals surface area contributed by atoms with Gasteiger partial charge in [0, 0.05) is 56.5 Å². The molecule has 2 unspecified atom stereocenters. The second-order valence-electron chi connectivity index (χ2n) is 15.5. The van der Waals surface area contributed by atoms with Gasteiger partial charge < -0.3 is 38.6 Å². The molecule has 2 amide bonds. The lowest BCUT2D eigenvalue weighted by Crippen LogP contribution is -2.47. The van der Waals surface area contributed by atoms with Crippen LogP contribution in [0.25, 0.3) is 0 Å². The van der Waals surface area contributed by atoms with Gasteiger partial charge in [-0.2, -0.15) is 0 Å². The number of phenolic OH excluding ortho intramolecular Hbond substituents is 1. The molecule has 0 aliphatic carbocycles. The first-order chi connectivity index (χ1) is 31.6. The van der Waals surface area contributed by atoms with E-state index < -0.39 is 11.4 Å². The molecule has 10 nitrogen and oxygen atoms in total.